The smallest absolute Gasteiger partial charge is 0.177 e. The highest BCUT2D eigenvalue weighted by atomic mass is 16.6. The molecule has 0 amide bonds. The molecular formula is C5H8N2O. The van der Waals surface area contributed by atoms with Gasteiger partial charge in [0, 0.05) is 6.54 Å². The molecule has 0 saturated heterocycles. The van der Waals surface area contributed by atoms with Gasteiger partial charge in [-0.05, 0) is 0 Å². The summed E-state index contributed by atoms with van der Waals surface area (Å²) in [7, 11) is 0. The molecular weight excluding hydrogens is 104 g/mol. The zero-order chi connectivity index (χ0) is 6.24. The van der Waals surface area contributed by atoms with Crippen molar-refractivity contribution in [1.82, 2.24) is 0 Å². The zero-order valence-electron chi connectivity index (χ0n) is 4.50. The summed E-state index contributed by atoms with van der Waals surface area (Å²) in [4.78, 5) is 4.48. The monoisotopic (exact) mass is 112 g/mol. The van der Waals surface area contributed by atoms with Crippen molar-refractivity contribution in [2.75, 3.05) is 13.2 Å². The van der Waals surface area contributed by atoms with Gasteiger partial charge < -0.3 is 10.6 Å². The maximum Gasteiger partial charge on any atom is 0.177 e. The van der Waals surface area contributed by atoms with Crippen LogP contribution in [0.2, 0.25) is 0 Å². The Hall–Kier alpha value is -1.01. The van der Waals surface area contributed by atoms with E-state index in [0.29, 0.717) is 6.54 Å². The molecule has 44 valence electrons. The summed E-state index contributed by atoms with van der Waals surface area (Å²) in [6.07, 6.45) is 6.27. The lowest BCUT2D eigenvalue weighted by Crippen LogP contribution is -1.99. The molecule has 0 aromatic rings. The minimum Gasteiger partial charge on any atom is -0.383 e. The van der Waals surface area contributed by atoms with Crippen molar-refractivity contribution in [2.45, 2.75) is 0 Å². The fourth-order valence-corrected chi connectivity index (χ4v) is 0.170. The Kier molecular flexibility index (Phi) is 5.23. The maximum absolute atomic E-state index is 5.03. The number of hydrogen-bond donors (Lipinski definition) is 1. The second-order valence-electron chi connectivity index (χ2n) is 1.00. The van der Waals surface area contributed by atoms with Crippen molar-refractivity contribution in [2.24, 2.45) is 10.9 Å². The Morgan fingerprint density at radius 2 is 2.62 bits per heavy atom. The summed E-state index contributed by atoms with van der Waals surface area (Å²) >= 11 is 0. The van der Waals surface area contributed by atoms with E-state index in [9.17, 15) is 0 Å². The molecule has 0 aliphatic rings. The molecule has 0 saturated carbocycles. The summed E-state index contributed by atoms with van der Waals surface area (Å²) in [5, 5.41) is 3.39. The highest BCUT2D eigenvalue weighted by Gasteiger charge is 1.68. The van der Waals surface area contributed by atoms with Crippen LogP contribution in [0.25, 0.3) is 0 Å². The molecule has 0 aliphatic heterocycles. The molecule has 0 aromatic carbocycles. The van der Waals surface area contributed by atoms with Gasteiger partial charge in [-0.15, -0.1) is 6.42 Å². The predicted molar refractivity (Wildman–Crippen MR) is 32.3 cm³/mol. The van der Waals surface area contributed by atoms with E-state index in [1.807, 2.05) is 0 Å². The highest BCUT2D eigenvalue weighted by Crippen LogP contribution is 1.68. The van der Waals surface area contributed by atoms with E-state index < -0.39 is 0 Å². The van der Waals surface area contributed by atoms with Crippen molar-refractivity contribution in [1.29, 1.82) is 0 Å². The molecule has 0 heterocycles. The van der Waals surface area contributed by atoms with E-state index in [1.54, 1.807) is 0 Å². The maximum atomic E-state index is 5.03. The molecule has 0 fully saturated rings. The largest absolute Gasteiger partial charge is 0.383 e. The quantitative estimate of drug-likeness (QED) is 0.233. The van der Waals surface area contributed by atoms with Gasteiger partial charge in [-0.1, -0.05) is 11.1 Å². The lowest BCUT2D eigenvalue weighted by molar-refractivity contribution is 0.181. The van der Waals surface area contributed by atoms with Crippen molar-refractivity contribution in [3.05, 3.63) is 0 Å². The average Bonchev–Trinajstić information content (AvgIpc) is 1.81. The van der Waals surface area contributed by atoms with Crippen LogP contribution >= 0.6 is 0 Å². The van der Waals surface area contributed by atoms with E-state index >= 15 is 0 Å². The molecule has 3 heteroatoms. The van der Waals surface area contributed by atoms with Crippen molar-refractivity contribution < 1.29 is 4.84 Å². The molecule has 0 bridgehead atoms. The van der Waals surface area contributed by atoms with E-state index in [-0.39, 0.29) is 6.61 Å². The van der Waals surface area contributed by atoms with Crippen LogP contribution in [0.15, 0.2) is 5.16 Å². The highest BCUT2D eigenvalue weighted by molar-refractivity contribution is 5.58. The SMILES string of the molecule is C#CCON=CCN. The number of terminal acetylenes is 1. The van der Waals surface area contributed by atoms with Crippen LogP contribution in [-0.2, 0) is 4.84 Å². The predicted octanol–water partition coefficient (Wildman–Crippen LogP) is -0.419. The number of oxime groups is 1. The number of nitrogens with two attached hydrogens (primary N) is 1. The molecule has 0 rings (SSSR count). The molecule has 8 heavy (non-hydrogen) atoms. The lowest BCUT2D eigenvalue weighted by atomic mass is 10.8. The van der Waals surface area contributed by atoms with Crippen LogP contribution in [0.1, 0.15) is 0 Å². The standard InChI is InChI=1S/C5H8N2O/c1-2-5-8-7-4-3-6/h1,4H,3,5-6H2. The van der Waals surface area contributed by atoms with Gasteiger partial charge in [0.25, 0.3) is 0 Å². The first kappa shape index (κ1) is 6.99. The van der Waals surface area contributed by atoms with E-state index in [4.69, 9.17) is 12.2 Å². The summed E-state index contributed by atoms with van der Waals surface area (Å²) in [5.41, 5.74) is 5.03. The van der Waals surface area contributed by atoms with Gasteiger partial charge in [-0.2, -0.15) is 0 Å². The van der Waals surface area contributed by atoms with Gasteiger partial charge in [0.05, 0.1) is 6.21 Å². The molecule has 2 N–H and O–H groups in total. The Balaban J connectivity index is 2.94. The van der Waals surface area contributed by atoms with E-state index in [1.165, 1.54) is 6.21 Å². The molecule has 3 nitrogen and oxygen atoms in total. The Morgan fingerprint density at radius 1 is 1.88 bits per heavy atom. The van der Waals surface area contributed by atoms with Crippen LogP contribution < -0.4 is 5.73 Å². The number of rotatable bonds is 3. The fraction of sp³-hybridized carbons (Fsp3) is 0.400. The average molecular weight is 112 g/mol. The summed E-state index contributed by atoms with van der Waals surface area (Å²) in [6.45, 7) is 0.584. The van der Waals surface area contributed by atoms with Gasteiger partial charge >= 0.3 is 0 Å². The first-order valence-corrected chi connectivity index (χ1v) is 2.19. The Bertz CT molecular complexity index is 103. The number of hydrogen-bond acceptors (Lipinski definition) is 3. The van der Waals surface area contributed by atoms with E-state index in [2.05, 4.69) is 15.9 Å². The summed E-state index contributed by atoms with van der Waals surface area (Å²) in [6, 6.07) is 0. The lowest BCUT2D eigenvalue weighted by Gasteiger charge is -1.86. The minimum absolute atomic E-state index is 0.205. The molecule has 0 spiro atoms. The van der Waals surface area contributed by atoms with Crippen LogP contribution in [0, 0.1) is 12.3 Å². The van der Waals surface area contributed by atoms with Crippen LogP contribution in [0.5, 0.6) is 0 Å². The second-order valence-corrected chi connectivity index (χ2v) is 1.00. The van der Waals surface area contributed by atoms with Gasteiger partial charge in [0.2, 0.25) is 0 Å². The summed E-state index contributed by atoms with van der Waals surface area (Å²) in [5.74, 6) is 2.25. The Labute approximate surface area is 48.5 Å². The first-order valence-electron chi connectivity index (χ1n) is 2.19. The molecule has 0 radical (unpaired) electrons. The van der Waals surface area contributed by atoms with Crippen LogP contribution in [-0.4, -0.2) is 19.4 Å². The zero-order valence-corrected chi connectivity index (χ0v) is 4.50. The topological polar surface area (TPSA) is 47.6 Å². The molecule has 0 atom stereocenters. The van der Waals surface area contributed by atoms with Crippen molar-refractivity contribution in [3.63, 3.8) is 0 Å². The first-order chi connectivity index (χ1) is 3.91. The van der Waals surface area contributed by atoms with Crippen molar-refractivity contribution >= 4 is 6.21 Å². The second kappa shape index (κ2) is 5.99. The number of nitrogens with zero attached hydrogens (tertiary/aromatic N) is 1. The van der Waals surface area contributed by atoms with Crippen molar-refractivity contribution in [3.8, 4) is 12.3 Å². The third-order valence-electron chi connectivity index (χ3n) is 0.402. The minimum atomic E-state index is 0.205. The van der Waals surface area contributed by atoms with Crippen LogP contribution in [0.3, 0.4) is 0 Å². The van der Waals surface area contributed by atoms with Gasteiger partial charge in [-0.25, -0.2) is 0 Å². The fourth-order valence-electron chi connectivity index (χ4n) is 0.170. The van der Waals surface area contributed by atoms with Crippen LogP contribution in [0.4, 0.5) is 0 Å². The normalized spacial score (nSPS) is 9.00. The van der Waals surface area contributed by atoms with Gasteiger partial charge in [0.15, 0.2) is 6.61 Å². The third kappa shape index (κ3) is 4.99. The van der Waals surface area contributed by atoms with Gasteiger partial charge in [0.1, 0.15) is 0 Å². The molecule has 0 unspecified atom stereocenters. The molecule has 0 aliphatic carbocycles. The van der Waals surface area contributed by atoms with E-state index in [0.717, 1.165) is 0 Å². The third-order valence-corrected chi connectivity index (χ3v) is 0.402. The van der Waals surface area contributed by atoms with Gasteiger partial charge in [-0.3, -0.25) is 0 Å². The molecule has 0 aromatic heterocycles. The summed E-state index contributed by atoms with van der Waals surface area (Å²) < 4.78 is 0. The Morgan fingerprint density at radius 3 is 3.12 bits per heavy atom.